The van der Waals surface area contributed by atoms with Crippen LogP contribution in [0.15, 0.2) is 46.3 Å². The van der Waals surface area contributed by atoms with Crippen LogP contribution >= 0.6 is 34.4 Å². The maximum absolute atomic E-state index is 13.6. The highest BCUT2D eigenvalue weighted by Gasteiger charge is 2.38. The lowest BCUT2D eigenvalue weighted by molar-refractivity contribution is -0.139. The first-order chi connectivity index (χ1) is 16.9. The summed E-state index contributed by atoms with van der Waals surface area (Å²) in [5, 5.41) is 9.65. The highest BCUT2D eigenvalue weighted by molar-refractivity contribution is 14.1. The van der Waals surface area contributed by atoms with Crippen molar-refractivity contribution in [3.05, 3.63) is 56.0 Å². The number of amides is 1. The number of carbonyl (C=O) groups excluding carboxylic acids is 1. The van der Waals surface area contributed by atoms with Gasteiger partial charge in [0.1, 0.15) is 0 Å². The number of thioether (sulfide) groups is 1. The number of methoxy groups -OCH3 is 1. The summed E-state index contributed by atoms with van der Waals surface area (Å²) in [5.41, 5.74) is 2.75. The van der Waals surface area contributed by atoms with Crippen LogP contribution in [0.2, 0.25) is 0 Å². The van der Waals surface area contributed by atoms with E-state index in [4.69, 9.17) is 19.6 Å². The van der Waals surface area contributed by atoms with Crippen molar-refractivity contribution < 1.29 is 24.2 Å². The van der Waals surface area contributed by atoms with E-state index in [-0.39, 0.29) is 11.9 Å². The van der Waals surface area contributed by atoms with Crippen molar-refractivity contribution in [1.82, 2.24) is 4.90 Å². The second-order valence-corrected chi connectivity index (χ2v) is 10.7. The van der Waals surface area contributed by atoms with E-state index in [1.165, 1.54) is 25.3 Å². The summed E-state index contributed by atoms with van der Waals surface area (Å²) in [6.45, 7) is 1.57. The van der Waals surface area contributed by atoms with E-state index in [2.05, 4.69) is 22.6 Å². The van der Waals surface area contributed by atoms with Gasteiger partial charge in [-0.05, 0) is 90.0 Å². The number of hydrogen-bond donors (Lipinski definition) is 1. The fourth-order valence-electron chi connectivity index (χ4n) is 4.20. The van der Waals surface area contributed by atoms with Gasteiger partial charge in [-0.3, -0.25) is 9.69 Å². The maximum Gasteiger partial charge on any atom is 0.341 e. The Bertz CT molecular complexity index is 1170. The Morgan fingerprint density at radius 1 is 1.23 bits per heavy atom. The molecule has 0 aromatic heterocycles. The molecule has 1 saturated carbocycles. The number of hydrogen-bond acceptors (Lipinski definition) is 6. The summed E-state index contributed by atoms with van der Waals surface area (Å²) >= 11 is 3.47. The smallest absolute Gasteiger partial charge is 0.341 e. The third kappa shape index (κ3) is 6.19. The third-order valence-electron chi connectivity index (χ3n) is 5.92. The SMILES string of the molecule is COc1cc(/C=C2/SC(=Nc3ccc(C)cc3)N(C3CCCCC3)C2=O)cc(I)c1OCC(=O)O. The summed E-state index contributed by atoms with van der Waals surface area (Å²) in [4.78, 5) is 31.8. The molecule has 0 atom stereocenters. The quantitative estimate of drug-likeness (QED) is 0.307. The van der Waals surface area contributed by atoms with Crippen molar-refractivity contribution in [2.45, 2.75) is 45.1 Å². The lowest BCUT2D eigenvalue weighted by Crippen LogP contribution is -2.40. The monoisotopic (exact) mass is 606 g/mol. The highest BCUT2D eigenvalue weighted by Crippen LogP contribution is 2.40. The molecule has 35 heavy (non-hydrogen) atoms. The number of carboxylic acids is 1. The zero-order chi connectivity index (χ0) is 24.9. The van der Waals surface area contributed by atoms with E-state index < -0.39 is 12.6 Å². The van der Waals surface area contributed by atoms with E-state index in [1.807, 2.05) is 48.2 Å². The van der Waals surface area contributed by atoms with Crippen LogP contribution in [0.5, 0.6) is 11.5 Å². The minimum absolute atomic E-state index is 0.0343. The van der Waals surface area contributed by atoms with Crippen LogP contribution in [0.25, 0.3) is 6.08 Å². The van der Waals surface area contributed by atoms with Crippen LogP contribution < -0.4 is 9.47 Å². The van der Waals surface area contributed by atoms with Crippen molar-refractivity contribution in [2.75, 3.05) is 13.7 Å². The second-order valence-electron chi connectivity index (χ2n) is 8.52. The summed E-state index contributed by atoms with van der Waals surface area (Å²) in [6, 6.07) is 11.7. The first kappa shape index (κ1) is 25.6. The fourth-order valence-corrected chi connectivity index (χ4v) is 6.04. The normalized spacial score (nSPS) is 18.9. The third-order valence-corrected chi connectivity index (χ3v) is 7.71. The van der Waals surface area contributed by atoms with Crippen molar-refractivity contribution in [1.29, 1.82) is 0 Å². The number of aryl methyl sites for hydroxylation is 1. The largest absolute Gasteiger partial charge is 0.493 e. The van der Waals surface area contributed by atoms with Gasteiger partial charge in [-0.25, -0.2) is 9.79 Å². The van der Waals surface area contributed by atoms with E-state index in [0.29, 0.717) is 25.1 Å². The van der Waals surface area contributed by atoms with Gasteiger partial charge in [0, 0.05) is 6.04 Å². The van der Waals surface area contributed by atoms with Gasteiger partial charge in [0.25, 0.3) is 5.91 Å². The van der Waals surface area contributed by atoms with Crippen molar-refractivity contribution in [3.63, 3.8) is 0 Å². The molecule has 1 aliphatic carbocycles. The Hall–Kier alpha value is -2.53. The first-order valence-electron chi connectivity index (χ1n) is 11.5. The predicted molar refractivity (Wildman–Crippen MR) is 146 cm³/mol. The number of benzene rings is 2. The number of carboxylic acid groups (broad SMARTS) is 1. The average molecular weight is 606 g/mol. The van der Waals surface area contributed by atoms with Crippen LogP contribution in [-0.2, 0) is 9.59 Å². The Kier molecular flexibility index (Phi) is 8.38. The van der Waals surface area contributed by atoms with Crippen LogP contribution in [-0.4, -0.2) is 46.8 Å². The minimum atomic E-state index is -1.06. The zero-order valence-electron chi connectivity index (χ0n) is 19.6. The van der Waals surface area contributed by atoms with Gasteiger partial charge in [-0.15, -0.1) is 0 Å². The molecular weight excluding hydrogens is 579 g/mol. The zero-order valence-corrected chi connectivity index (χ0v) is 22.6. The lowest BCUT2D eigenvalue weighted by Gasteiger charge is -2.30. The number of rotatable bonds is 7. The van der Waals surface area contributed by atoms with Crippen LogP contribution in [0.3, 0.4) is 0 Å². The van der Waals surface area contributed by atoms with E-state index in [9.17, 15) is 9.59 Å². The topological polar surface area (TPSA) is 88.4 Å². The Balaban J connectivity index is 1.68. The molecule has 0 bridgehead atoms. The van der Waals surface area contributed by atoms with E-state index in [0.717, 1.165) is 42.5 Å². The molecule has 1 aliphatic heterocycles. The van der Waals surface area contributed by atoms with Crippen molar-refractivity contribution >= 4 is 63.2 Å². The number of ether oxygens (including phenoxy) is 2. The van der Waals surface area contributed by atoms with Gasteiger partial charge >= 0.3 is 5.97 Å². The molecule has 0 unspecified atom stereocenters. The maximum atomic E-state index is 13.6. The van der Waals surface area contributed by atoms with Gasteiger partial charge in [-0.2, -0.15) is 0 Å². The molecule has 2 fully saturated rings. The van der Waals surface area contributed by atoms with Crippen LogP contribution in [0.4, 0.5) is 5.69 Å². The van der Waals surface area contributed by atoms with Crippen LogP contribution in [0, 0.1) is 10.5 Å². The molecule has 2 aromatic carbocycles. The van der Waals surface area contributed by atoms with Crippen molar-refractivity contribution in [3.8, 4) is 11.5 Å². The number of aliphatic carboxylic acids is 1. The molecule has 0 radical (unpaired) electrons. The number of aliphatic imine (C=N–C) groups is 1. The number of halogens is 1. The lowest BCUT2D eigenvalue weighted by atomic mass is 9.94. The average Bonchev–Trinajstić information content (AvgIpc) is 3.14. The molecule has 2 aliphatic rings. The number of carbonyl (C=O) groups is 2. The first-order valence-corrected chi connectivity index (χ1v) is 13.4. The summed E-state index contributed by atoms with van der Waals surface area (Å²) < 4.78 is 11.5. The molecule has 1 saturated heterocycles. The van der Waals surface area contributed by atoms with Gasteiger partial charge < -0.3 is 14.6 Å². The second kappa shape index (κ2) is 11.5. The number of amidine groups is 1. The van der Waals surface area contributed by atoms with E-state index >= 15 is 0 Å². The Morgan fingerprint density at radius 3 is 2.60 bits per heavy atom. The molecule has 4 rings (SSSR count). The van der Waals surface area contributed by atoms with E-state index in [1.54, 1.807) is 6.07 Å². The number of nitrogens with zero attached hydrogens (tertiary/aromatic N) is 2. The van der Waals surface area contributed by atoms with Crippen molar-refractivity contribution in [2.24, 2.45) is 4.99 Å². The summed E-state index contributed by atoms with van der Waals surface area (Å²) in [6.07, 6.45) is 7.23. The fraction of sp³-hybridized carbons (Fsp3) is 0.346. The molecule has 1 amide bonds. The molecule has 7 nitrogen and oxygen atoms in total. The standard InChI is InChI=1S/C26H27IN2O5S/c1-16-8-10-18(11-9-16)28-26-29(19-6-4-3-5-7-19)25(32)22(35-26)14-17-12-20(27)24(21(13-17)33-2)34-15-23(30)31/h8-14,19H,3-7,15H2,1-2H3,(H,30,31)/b22-14+,28-26?. The predicted octanol–water partition coefficient (Wildman–Crippen LogP) is 6.01. The summed E-state index contributed by atoms with van der Waals surface area (Å²) in [7, 11) is 1.50. The Labute approximate surface area is 222 Å². The molecule has 1 heterocycles. The van der Waals surface area contributed by atoms with Gasteiger partial charge in [0.2, 0.25) is 0 Å². The highest BCUT2D eigenvalue weighted by atomic mass is 127. The molecule has 184 valence electrons. The molecule has 2 aromatic rings. The molecule has 1 N–H and O–H groups in total. The molecule has 0 spiro atoms. The van der Waals surface area contributed by atoms with Crippen LogP contribution in [0.1, 0.15) is 43.2 Å². The van der Waals surface area contributed by atoms with Gasteiger partial charge in [0.05, 0.1) is 21.3 Å². The molecule has 9 heteroatoms. The summed E-state index contributed by atoms with van der Waals surface area (Å²) in [5.74, 6) is -0.315. The van der Waals surface area contributed by atoms with Gasteiger partial charge in [-0.1, -0.05) is 37.0 Å². The van der Waals surface area contributed by atoms with Gasteiger partial charge in [0.15, 0.2) is 23.3 Å². The molecular formula is C26H27IN2O5S. The Morgan fingerprint density at radius 2 is 1.94 bits per heavy atom. The minimum Gasteiger partial charge on any atom is -0.493 e.